The number of aliphatic hydroxyl groups is 1. The van der Waals surface area contributed by atoms with Gasteiger partial charge in [0.15, 0.2) is 0 Å². The van der Waals surface area contributed by atoms with Crippen LogP contribution in [0, 0.1) is 20.8 Å². The van der Waals surface area contributed by atoms with E-state index in [1.54, 1.807) is 0 Å². The monoisotopic (exact) mass is 272 g/mol. The minimum absolute atomic E-state index is 0.0598. The quantitative estimate of drug-likeness (QED) is 0.753. The third-order valence-electron chi connectivity index (χ3n) is 4.02. The lowest BCUT2D eigenvalue weighted by molar-refractivity contribution is 0.219. The molecule has 2 aromatic heterocycles. The Morgan fingerprint density at radius 3 is 2.10 bits per heavy atom. The molecule has 0 saturated carbocycles. The molecule has 0 aliphatic carbocycles. The average molecular weight is 272 g/mol. The fourth-order valence-electron chi connectivity index (χ4n) is 2.95. The first-order valence-corrected chi connectivity index (χ1v) is 6.89. The van der Waals surface area contributed by atoms with Gasteiger partial charge in [0, 0.05) is 27.3 Å². The molecule has 3 heteroatoms. The molecule has 0 unspecified atom stereocenters. The van der Waals surface area contributed by atoms with Crippen LogP contribution in [0.4, 0.5) is 0 Å². The fourth-order valence-corrected chi connectivity index (χ4v) is 2.95. The summed E-state index contributed by atoms with van der Waals surface area (Å²) in [6, 6.07) is 4.07. The molecular formula is C17H20O3. The molecule has 0 atom stereocenters. The highest BCUT2D eigenvalue weighted by Crippen LogP contribution is 2.41. The molecule has 1 aromatic carbocycles. The van der Waals surface area contributed by atoms with Crippen LogP contribution >= 0.6 is 0 Å². The van der Waals surface area contributed by atoms with Crippen LogP contribution in [0.25, 0.3) is 21.9 Å². The number of aryl methyl sites for hydroxylation is 3. The summed E-state index contributed by atoms with van der Waals surface area (Å²) in [7, 11) is 0. The molecule has 0 spiro atoms. The number of furan rings is 2. The smallest absolute Gasteiger partial charge is 0.139 e. The summed E-state index contributed by atoms with van der Waals surface area (Å²) in [5.74, 6) is 1.75. The maximum atomic E-state index is 9.78. The van der Waals surface area contributed by atoms with Crippen LogP contribution in [0.3, 0.4) is 0 Å². The molecular weight excluding hydrogens is 252 g/mol. The Labute approximate surface area is 118 Å². The summed E-state index contributed by atoms with van der Waals surface area (Å²) in [6.45, 7) is 10.1. The predicted octanol–water partition coefficient (Wildman–Crippen LogP) is 4.37. The summed E-state index contributed by atoms with van der Waals surface area (Å²) in [5, 5.41) is 11.9. The van der Waals surface area contributed by atoms with Crippen molar-refractivity contribution in [1.29, 1.82) is 0 Å². The maximum absolute atomic E-state index is 9.78. The van der Waals surface area contributed by atoms with E-state index in [1.165, 1.54) is 0 Å². The van der Waals surface area contributed by atoms with Crippen LogP contribution in [0.1, 0.15) is 36.5 Å². The number of fused-ring (bicyclic) bond motifs is 2. The Morgan fingerprint density at radius 2 is 1.50 bits per heavy atom. The minimum Gasteiger partial charge on any atom is -0.461 e. The molecule has 3 nitrogen and oxygen atoms in total. The maximum Gasteiger partial charge on any atom is 0.139 e. The van der Waals surface area contributed by atoms with E-state index in [2.05, 4.69) is 6.92 Å². The number of benzene rings is 1. The Hall–Kier alpha value is -1.74. The van der Waals surface area contributed by atoms with E-state index < -0.39 is 0 Å². The third-order valence-corrected chi connectivity index (χ3v) is 4.02. The molecule has 1 N–H and O–H groups in total. The second-order valence-corrected chi connectivity index (χ2v) is 6.24. The van der Waals surface area contributed by atoms with Crippen LogP contribution in [0.2, 0.25) is 0 Å². The van der Waals surface area contributed by atoms with Crippen LogP contribution in [0.5, 0.6) is 0 Å². The molecule has 2 heterocycles. The molecule has 106 valence electrons. The van der Waals surface area contributed by atoms with Crippen molar-refractivity contribution in [3.05, 3.63) is 34.8 Å². The first kappa shape index (κ1) is 13.3. The van der Waals surface area contributed by atoms with Crippen molar-refractivity contribution >= 4 is 21.9 Å². The zero-order chi connectivity index (χ0) is 14.7. The summed E-state index contributed by atoms with van der Waals surface area (Å²) < 4.78 is 11.8. The van der Waals surface area contributed by atoms with Crippen LogP contribution in [-0.2, 0) is 5.41 Å². The zero-order valence-corrected chi connectivity index (χ0v) is 12.6. The highest BCUT2D eigenvalue weighted by molar-refractivity contribution is 6.02. The topological polar surface area (TPSA) is 46.5 Å². The van der Waals surface area contributed by atoms with Crippen molar-refractivity contribution < 1.29 is 13.9 Å². The molecule has 0 bridgehead atoms. The standard InChI is InChI=1S/C17H20O3/c1-9-6-12-11(3)15-13(7-10(2)19-15)14(16(12)20-9)17(4,5)8-18/h6-7,18H,8H2,1-5H3. The van der Waals surface area contributed by atoms with E-state index in [4.69, 9.17) is 8.83 Å². The summed E-state index contributed by atoms with van der Waals surface area (Å²) >= 11 is 0. The SMILES string of the molecule is Cc1cc2c(C(C)(C)CO)c3oc(C)cc3c(C)c2o1. The van der Waals surface area contributed by atoms with Crippen LogP contribution in [-0.4, -0.2) is 11.7 Å². The van der Waals surface area contributed by atoms with Gasteiger partial charge in [0.2, 0.25) is 0 Å². The summed E-state index contributed by atoms with van der Waals surface area (Å²) in [6.07, 6.45) is 0. The average Bonchev–Trinajstić information content (AvgIpc) is 2.92. The summed E-state index contributed by atoms with van der Waals surface area (Å²) in [4.78, 5) is 0. The Morgan fingerprint density at radius 1 is 0.950 bits per heavy atom. The second-order valence-electron chi connectivity index (χ2n) is 6.24. The van der Waals surface area contributed by atoms with E-state index in [1.807, 2.05) is 39.8 Å². The van der Waals surface area contributed by atoms with Crippen LogP contribution in [0.15, 0.2) is 21.0 Å². The second kappa shape index (κ2) is 4.13. The van der Waals surface area contributed by atoms with Gasteiger partial charge in [-0.25, -0.2) is 0 Å². The first-order chi connectivity index (χ1) is 9.35. The molecule has 0 aliphatic rings. The molecule has 3 aromatic rings. The van der Waals surface area contributed by atoms with Gasteiger partial charge in [0.05, 0.1) is 6.61 Å². The van der Waals surface area contributed by atoms with Crippen LogP contribution < -0.4 is 0 Å². The van der Waals surface area contributed by atoms with Gasteiger partial charge in [-0.1, -0.05) is 13.8 Å². The van der Waals surface area contributed by atoms with Gasteiger partial charge in [-0.3, -0.25) is 0 Å². The van der Waals surface area contributed by atoms with Crippen molar-refractivity contribution in [2.75, 3.05) is 6.61 Å². The van der Waals surface area contributed by atoms with E-state index >= 15 is 0 Å². The Balaban J connectivity index is 2.58. The Kier molecular flexibility index (Phi) is 2.73. The van der Waals surface area contributed by atoms with Crippen molar-refractivity contribution in [2.24, 2.45) is 0 Å². The van der Waals surface area contributed by atoms with E-state index in [9.17, 15) is 5.11 Å². The minimum atomic E-state index is -0.384. The molecule has 0 saturated heterocycles. The zero-order valence-electron chi connectivity index (χ0n) is 12.6. The molecule has 20 heavy (non-hydrogen) atoms. The Bertz CT molecular complexity index is 745. The van der Waals surface area contributed by atoms with Gasteiger partial charge in [-0.05, 0) is 32.9 Å². The molecule has 0 radical (unpaired) electrons. The fraction of sp³-hybridized carbons (Fsp3) is 0.412. The lowest BCUT2D eigenvalue weighted by atomic mass is 9.82. The normalized spacial score (nSPS) is 12.7. The number of hydrogen-bond acceptors (Lipinski definition) is 3. The van der Waals surface area contributed by atoms with Gasteiger partial charge in [-0.15, -0.1) is 0 Å². The van der Waals surface area contributed by atoms with Crippen molar-refractivity contribution in [3.8, 4) is 0 Å². The van der Waals surface area contributed by atoms with Gasteiger partial charge in [0.1, 0.15) is 22.7 Å². The highest BCUT2D eigenvalue weighted by Gasteiger charge is 2.29. The predicted molar refractivity (Wildman–Crippen MR) is 80.3 cm³/mol. The van der Waals surface area contributed by atoms with Gasteiger partial charge in [0.25, 0.3) is 0 Å². The van der Waals surface area contributed by atoms with Gasteiger partial charge < -0.3 is 13.9 Å². The largest absolute Gasteiger partial charge is 0.461 e. The molecule has 0 aliphatic heterocycles. The molecule has 0 fully saturated rings. The molecule has 0 amide bonds. The number of rotatable bonds is 2. The van der Waals surface area contributed by atoms with E-state index in [0.29, 0.717) is 0 Å². The van der Waals surface area contributed by atoms with E-state index in [0.717, 1.165) is 44.6 Å². The first-order valence-electron chi connectivity index (χ1n) is 6.89. The summed E-state index contributed by atoms with van der Waals surface area (Å²) in [5.41, 5.74) is 3.50. The molecule has 3 rings (SSSR count). The highest BCUT2D eigenvalue weighted by atomic mass is 16.3. The van der Waals surface area contributed by atoms with Gasteiger partial charge >= 0.3 is 0 Å². The van der Waals surface area contributed by atoms with Crippen molar-refractivity contribution in [2.45, 2.75) is 40.0 Å². The number of aliphatic hydroxyl groups excluding tert-OH is 1. The lowest BCUT2D eigenvalue weighted by Crippen LogP contribution is -2.22. The van der Waals surface area contributed by atoms with Gasteiger partial charge in [-0.2, -0.15) is 0 Å². The van der Waals surface area contributed by atoms with E-state index in [-0.39, 0.29) is 12.0 Å². The lowest BCUT2D eigenvalue weighted by Gasteiger charge is -2.23. The third kappa shape index (κ3) is 1.70. The van der Waals surface area contributed by atoms with Crippen molar-refractivity contribution in [1.82, 2.24) is 0 Å². The van der Waals surface area contributed by atoms with Crippen molar-refractivity contribution in [3.63, 3.8) is 0 Å². The number of hydrogen-bond donors (Lipinski definition) is 1.